The lowest BCUT2D eigenvalue weighted by Crippen LogP contribution is -2.42. The van der Waals surface area contributed by atoms with Gasteiger partial charge in [0.05, 0.1) is 17.9 Å². The molecule has 0 unspecified atom stereocenters. The molecule has 1 fully saturated rings. The molecule has 2 aromatic carbocycles. The zero-order valence-electron chi connectivity index (χ0n) is 26.4. The SMILES string of the molecule is CC(C)n1cc(C(=O)Nc2ccc(Oc3ncnc4c3CCN(C(=O)CC3CCOCC3)C4)c(F)c2)c(=O)n(-c2ccc(F)cc2)c1=O. The number of anilines is 1. The number of nitrogens with one attached hydrogen (secondary N) is 1. The molecule has 0 bridgehead atoms. The molecular weight excluding hydrogens is 626 g/mol. The van der Waals surface area contributed by atoms with Crippen LogP contribution in [-0.4, -0.2) is 55.6 Å². The van der Waals surface area contributed by atoms with E-state index < -0.39 is 34.8 Å². The second kappa shape index (κ2) is 13.9. The van der Waals surface area contributed by atoms with Crippen LogP contribution in [0.1, 0.15) is 60.8 Å². The summed E-state index contributed by atoms with van der Waals surface area (Å²) in [5.41, 5.74) is -0.563. The first-order valence-corrected chi connectivity index (χ1v) is 15.7. The molecule has 1 saturated heterocycles. The summed E-state index contributed by atoms with van der Waals surface area (Å²) in [6.07, 6.45) is 5.10. The van der Waals surface area contributed by atoms with Crippen LogP contribution in [0.25, 0.3) is 5.69 Å². The van der Waals surface area contributed by atoms with Crippen molar-refractivity contribution in [2.24, 2.45) is 5.92 Å². The predicted molar refractivity (Wildman–Crippen MR) is 170 cm³/mol. The Morgan fingerprint density at radius 1 is 1.06 bits per heavy atom. The molecular formula is C34H34F2N6O6. The second-order valence-electron chi connectivity index (χ2n) is 12.1. The normalized spacial score (nSPS) is 14.9. The lowest BCUT2D eigenvalue weighted by Gasteiger charge is -2.30. The van der Waals surface area contributed by atoms with Crippen molar-refractivity contribution in [3.8, 4) is 17.3 Å². The fourth-order valence-electron chi connectivity index (χ4n) is 5.83. The number of nitrogens with zero attached hydrogens (tertiary/aromatic N) is 5. The van der Waals surface area contributed by atoms with E-state index in [2.05, 4.69) is 15.3 Å². The Morgan fingerprint density at radius 3 is 2.52 bits per heavy atom. The van der Waals surface area contributed by atoms with Crippen molar-refractivity contribution in [2.75, 3.05) is 25.1 Å². The van der Waals surface area contributed by atoms with E-state index in [0.29, 0.717) is 56.3 Å². The highest BCUT2D eigenvalue weighted by molar-refractivity contribution is 6.03. The monoisotopic (exact) mass is 660 g/mol. The van der Waals surface area contributed by atoms with E-state index in [-0.39, 0.29) is 34.5 Å². The molecule has 2 aliphatic heterocycles. The third kappa shape index (κ3) is 6.88. The largest absolute Gasteiger partial charge is 0.436 e. The molecule has 4 aromatic rings. The van der Waals surface area contributed by atoms with Gasteiger partial charge in [-0.15, -0.1) is 0 Å². The Morgan fingerprint density at radius 2 is 1.81 bits per heavy atom. The maximum absolute atomic E-state index is 15.3. The Balaban J connectivity index is 1.18. The van der Waals surface area contributed by atoms with Crippen molar-refractivity contribution in [1.29, 1.82) is 0 Å². The van der Waals surface area contributed by atoms with E-state index in [0.717, 1.165) is 41.8 Å². The minimum atomic E-state index is -0.918. The van der Waals surface area contributed by atoms with Gasteiger partial charge in [0.1, 0.15) is 17.7 Å². The first-order chi connectivity index (χ1) is 23.1. The van der Waals surface area contributed by atoms with E-state index >= 15 is 4.39 Å². The van der Waals surface area contributed by atoms with Crippen LogP contribution in [0.4, 0.5) is 14.5 Å². The van der Waals surface area contributed by atoms with Gasteiger partial charge >= 0.3 is 5.69 Å². The molecule has 6 rings (SSSR count). The van der Waals surface area contributed by atoms with Gasteiger partial charge in [-0.3, -0.25) is 19.0 Å². The summed E-state index contributed by atoms with van der Waals surface area (Å²) < 4.78 is 42.1. The Labute approximate surface area is 274 Å². The lowest BCUT2D eigenvalue weighted by atomic mass is 9.95. The van der Waals surface area contributed by atoms with Gasteiger partial charge in [0.25, 0.3) is 11.5 Å². The van der Waals surface area contributed by atoms with Gasteiger partial charge in [-0.1, -0.05) is 0 Å². The Hall–Kier alpha value is -5.24. The maximum atomic E-state index is 15.3. The molecule has 0 radical (unpaired) electrons. The zero-order chi connectivity index (χ0) is 33.9. The van der Waals surface area contributed by atoms with E-state index in [9.17, 15) is 23.6 Å². The highest BCUT2D eigenvalue weighted by Gasteiger charge is 2.28. The first kappa shape index (κ1) is 32.7. The third-order valence-electron chi connectivity index (χ3n) is 8.52. The van der Waals surface area contributed by atoms with Gasteiger partial charge in [-0.25, -0.2) is 28.1 Å². The Bertz CT molecular complexity index is 1970. The number of benzene rings is 2. The summed E-state index contributed by atoms with van der Waals surface area (Å²) in [6, 6.07) is 8.06. The van der Waals surface area contributed by atoms with Gasteiger partial charge < -0.3 is 19.7 Å². The molecule has 0 aliphatic carbocycles. The molecule has 250 valence electrons. The van der Waals surface area contributed by atoms with Crippen LogP contribution in [-0.2, 0) is 22.5 Å². The smallest absolute Gasteiger partial charge is 0.335 e. The quantitative estimate of drug-likeness (QED) is 0.294. The van der Waals surface area contributed by atoms with Crippen molar-refractivity contribution in [3.63, 3.8) is 0 Å². The highest BCUT2D eigenvalue weighted by atomic mass is 19.1. The van der Waals surface area contributed by atoms with Crippen molar-refractivity contribution in [1.82, 2.24) is 24.0 Å². The fourth-order valence-corrected chi connectivity index (χ4v) is 5.83. The van der Waals surface area contributed by atoms with E-state index in [1.807, 2.05) is 0 Å². The predicted octanol–water partition coefficient (Wildman–Crippen LogP) is 4.39. The lowest BCUT2D eigenvalue weighted by molar-refractivity contribution is -0.133. The van der Waals surface area contributed by atoms with Crippen LogP contribution in [0, 0.1) is 17.6 Å². The van der Waals surface area contributed by atoms with Crippen LogP contribution in [0.5, 0.6) is 11.6 Å². The Kier molecular flexibility index (Phi) is 9.44. The van der Waals surface area contributed by atoms with E-state index in [4.69, 9.17) is 9.47 Å². The number of hydrogen-bond donors (Lipinski definition) is 1. The number of hydrogen-bond acceptors (Lipinski definition) is 8. The van der Waals surface area contributed by atoms with Gasteiger partial charge in [-0.2, -0.15) is 0 Å². The number of amides is 2. The number of ether oxygens (including phenoxy) is 2. The van der Waals surface area contributed by atoms with Crippen molar-refractivity contribution >= 4 is 17.5 Å². The third-order valence-corrected chi connectivity index (χ3v) is 8.52. The molecule has 0 saturated carbocycles. The molecule has 12 nitrogen and oxygen atoms in total. The van der Waals surface area contributed by atoms with Crippen LogP contribution in [0.2, 0.25) is 0 Å². The number of fused-ring (bicyclic) bond motifs is 1. The number of halogens is 2. The molecule has 14 heteroatoms. The molecule has 2 aliphatic rings. The molecule has 0 spiro atoms. The molecule has 2 amide bonds. The topological polar surface area (TPSA) is 138 Å². The fraction of sp³-hybridized carbons (Fsp3) is 0.353. The summed E-state index contributed by atoms with van der Waals surface area (Å²) in [6.45, 7) is 5.51. The molecule has 2 aromatic heterocycles. The molecule has 0 atom stereocenters. The summed E-state index contributed by atoms with van der Waals surface area (Å²) >= 11 is 0. The number of aromatic nitrogens is 4. The van der Waals surface area contributed by atoms with Gasteiger partial charge in [-0.05, 0) is 75.4 Å². The van der Waals surface area contributed by atoms with Crippen molar-refractivity contribution < 1.29 is 27.8 Å². The maximum Gasteiger partial charge on any atom is 0.335 e. The van der Waals surface area contributed by atoms with Crippen LogP contribution < -0.4 is 21.3 Å². The highest BCUT2D eigenvalue weighted by Crippen LogP contribution is 2.31. The van der Waals surface area contributed by atoms with Crippen LogP contribution in [0.15, 0.2) is 64.6 Å². The standard InChI is InChI=1S/C34H34F2N6O6/c1-20(2)41-17-26(33(45)42(34(41)46)24-6-3-22(35)4-7-24)31(44)39-23-5-8-29(27(36)16-23)48-32-25-9-12-40(18-28(25)37-19-38-32)30(43)15-21-10-13-47-14-11-21/h3-8,16-17,19-21H,9-15,18H2,1-2H3,(H,39,44). The first-order valence-electron chi connectivity index (χ1n) is 15.7. The summed E-state index contributed by atoms with van der Waals surface area (Å²) in [4.78, 5) is 63.0. The zero-order valence-corrected chi connectivity index (χ0v) is 26.4. The van der Waals surface area contributed by atoms with Crippen LogP contribution in [0.3, 0.4) is 0 Å². The summed E-state index contributed by atoms with van der Waals surface area (Å²) in [7, 11) is 0. The average Bonchev–Trinajstić information content (AvgIpc) is 3.07. The minimum absolute atomic E-state index is 0.0308. The molecule has 1 N–H and O–H groups in total. The van der Waals surface area contributed by atoms with Crippen molar-refractivity contribution in [2.45, 2.75) is 52.1 Å². The van der Waals surface area contributed by atoms with E-state index in [1.165, 1.54) is 35.2 Å². The minimum Gasteiger partial charge on any atom is -0.436 e. The molecule has 48 heavy (non-hydrogen) atoms. The van der Waals surface area contributed by atoms with Crippen molar-refractivity contribution in [3.05, 3.63) is 104 Å². The number of carbonyl (C=O) groups is 2. The van der Waals surface area contributed by atoms with Crippen LogP contribution >= 0.6 is 0 Å². The average molecular weight is 661 g/mol. The summed E-state index contributed by atoms with van der Waals surface area (Å²) in [5, 5.41) is 2.51. The molecule has 4 heterocycles. The second-order valence-corrected chi connectivity index (χ2v) is 12.1. The van der Waals surface area contributed by atoms with Gasteiger partial charge in [0, 0.05) is 55.7 Å². The number of rotatable bonds is 8. The van der Waals surface area contributed by atoms with E-state index in [1.54, 1.807) is 18.7 Å². The van der Waals surface area contributed by atoms with Gasteiger partial charge in [0.15, 0.2) is 11.6 Å². The number of carbonyl (C=O) groups excluding carboxylic acids is 2. The summed E-state index contributed by atoms with van der Waals surface area (Å²) in [5.74, 6) is -1.85. The van der Waals surface area contributed by atoms with Gasteiger partial charge in [0.2, 0.25) is 11.8 Å².